The molecule has 0 radical (unpaired) electrons. The van der Waals surface area contributed by atoms with Gasteiger partial charge in [-0.1, -0.05) is 118 Å². The van der Waals surface area contributed by atoms with Gasteiger partial charge in [0.25, 0.3) is 0 Å². The topological polar surface area (TPSA) is 9.86 Å². The molecule has 2 aromatic heterocycles. The molecule has 0 unspecified atom stereocenters. The number of hydrogen-bond acceptors (Lipinski definition) is 0. The lowest BCUT2D eigenvalue weighted by atomic mass is 10.0. The quantitative estimate of drug-likeness (QED) is 0.179. The summed E-state index contributed by atoms with van der Waals surface area (Å²) in [6, 6.07) is 35.6. The van der Waals surface area contributed by atoms with E-state index in [4.69, 9.17) is 0 Å². The molecule has 2 heterocycles. The van der Waals surface area contributed by atoms with E-state index in [0.717, 1.165) is 19.3 Å². The highest BCUT2D eigenvalue weighted by Crippen LogP contribution is 2.34. The van der Waals surface area contributed by atoms with Gasteiger partial charge in [0.1, 0.15) is 0 Å². The van der Waals surface area contributed by atoms with E-state index < -0.39 is 0 Å². The molecule has 0 amide bonds. The standard InChI is InChI=1S/C39H34N2.C2H6/c1-3-5-13-32-33-15-9-11-18-37(33)40(36(32)4-2)30-24-20-28(21-25-30)29-22-26-31(27-23-29)41-38-17-8-6-7-14-34(38)35-16-10-12-19-39(35)41;1-2/h3,5-12,14-16,18-27H,4,13,17H2,1-2H3;1-2H3/b5-3-;. The zero-order valence-corrected chi connectivity index (χ0v) is 25.7. The summed E-state index contributed by atoms with van der Waals surface area (Å²) in [5, 5.41) is 2.66. The lowest BCUT2D eigenvalue weighted by molar-refractivity contribution is 0.937. The summed E-state index contributed by atoms with van der Waals surface area (Å²) in [5.74, 6) is 0. The highest BCUT2D eigenvalue weighted by Gasteiger charge is 2.18. The number of nitrogens with zero attached hydrogens (tertiary/aromatic N) is 2. The van der Waals surface area contributed by atoms with Crippen molar-refractivity contribution in [3.05, 3.63) is 150 Å². The normalized spacial score (nSPS) is 12.5. The first kappa shape index (κ1) is 28.3. The van der Waals surface area contributed by atoms with Crippen LogP contribution in [0.2, 0.25) is 0 Å². The van der Waals surface area contributed by atoms with Crippen LogP contribution >= 0.6 is 0 Å². The Morgan fingerprint density at radius 2 is 1.26 bits per heavy atom. The maximum Gasteiger partial charge on any atom is 0.0537 e. The third kappa shape index (κ3) is 5.08. The molecule has 0 bridgehead atoms. The first-order valence-electron chi connectivity index (χ1n) is 15.7. The third-order valence-electron chi connectivity index (χ3n) is 8.40. The van der Waals surface area contributed by atoms with E-state index in [9.17, 15) is 0 Å². The van der Waals surface area contributed by atoms with Crippen LogP contribution < -0.4 is 0 Å². The van der Waals surface area contributed by atoms with Crippen LogP contribution in [0.15, 0.2) is 127 Å². The van der Waals surface area contributed by atoms with Crippen molar-refractivity contribution in [2.45, 2.75) is 47.0 Å². The van der Waals surface area contributed by atoms with Gasteiger partial charge in [-0.15, -0.1) is 0 Å². The average Bonchev–Trinajstić information content (AvgIpc) is 3.44. The van der Waals surface area contributed by atoms with E-state index >= 15 is 0 Å². The number of hydrogen-bond donors (Lipinski definition) is 0. The van der Waals surface area contributed by atoms with Gasteiger partial charge in [-0.2, -0.15) is 0 Å². The molecular formula is C41H40N2. The fourth-order valence-corrected chi connectivity index (χ4v) is 6.51. The molecule has 0 saturated carbocycles. The summed E-state index contributed by atoms with van der Waals surface area (Å²) in [6.07, 6.45) is 16.1. The van der Waals surface area contributed by atoms with Crippen LogP contribution in [0.25, 0.3) is 50.4 Å². The maximum atomic E-state index is 2.45. The highest BCUT2D eigenvalue weighted by molar-refractivity contribution is 5.93. The van der Waals surface area contributed by atoms with E-state index in [1.165, 1.54) is 66.8 Å². The lowest BCUT2D eigenvalue weighted by Gasteiger charge is -2.13. The Bertz CT molecular complexity index is 1960. The van der Waals surface area contributed by atoms with Crippen LogP contribution in [-0.2, 0) is 19.3 Å². The molecule has 0 spiro atoms. The summed E-state index contributed by atoms with van der Waals surface area (Å²) in [7, 11) is 0. The minimum Gasteiger partial charge on any atom is -0.313 e. The van der Waals surface area contributed by atoms with Crippen LogP contribution in [0.5, 0.6) is 0 Å². The molecule has 1 aliphatic carbocycles. The van der Waals surface area contributed by atoms with E-state index in [-0.39, 0.29) is 0 Å². The molecule has 1 aliphatic rings. The fourth-order valence-electron chi connectivity index (χ4n) is 6.51. The van der Waals surface area contributed by atoms with Crippen LogP contribution in [-0.4, -0.2) is 9.13 Å². The monoisotopic (exact) mass is 560 g/mol. The minimum atomic E-state index is 0.921. The molecule has 2 nitrogen and oxygen atoms in total. The molecular weight excluding hydrogens is 520 g/mol. The summed E-state index contributed by atoms with van der Waals surface area (Å²) in [6.45, 7) is 8.36. The van der Waals surface area contributed by atoms with Crippen molar-refractivity contribution >= 4 is 27.9 Å². The van der Waals surface area contributed by atoms with Gasteiger partial charge >= 0.3 is 0 Å². The zero-order chi connectivity index (χ0) is 29.8. The van der Waals surface area contributed by atoms with Gasteiger partial charge in [-0.25, -0.2) is 0 Å². The molecule has 7 rings (SSSR count). The second kappa shape index (κ2) is 12.6. The Balaban J connectivity index is 0.00000161. The molecule has 214 valence electrons. The Hall–Kier alpha value is -4.82. The van der Waals surface area contributed by atoms with Gasteiger partial charge in [0, 0.05) is 45.5 Å². The summed E-state index contributed by atoms with van der Waals surface area (Å²) >= 11 is 0. The maximum absolute atomic E-state index is 2.45. The Kier molecular flexibility index (Phi) is 8.29. The number of allylic oxidation sites excluding steroid dienone is 5. The predicted molar refractivity (Wildman–Crippen MR) is 187 cm³/mol. The number of para-hydroxylation sites is 2. The van der Waals surface area contributed by atoms with Gasteiger partial charge in [0.05, 0.1) is 11.0 Å². The van der Waals surface area contributed by atoms with E-state index in [1.54, 1.807) is 0 Å². The second-order valence-electron chi connectivity index (χ2n) is 10.7. The zero-order valence-electron chi connectivity index (χ0n) is 25.7. The van der Waals surface area contributed by atoms with Crippen LogP contribution in [0.3, 0.4) is 0 Å². The van der Waals surface area contributed by atoms with Crippen LogP contribution in [0.1, 0.15) is 50.2 Å². The summed E-state index contributed by atoms with van der Waals surface area (Å²) in [5.41, 5.74) is 12.9. The second-order valence-corrected chi connectivity index (χ2v) is 10.7. The lowest BCUT2D eigenvalue weighted by Crippen LogP contribution is -2.01. The molecule has 6 aromatic rings. The van der Waals surface area contributed by atoms with Crippen LogP contribution in [0, 0.1) is 0 Å². The number of aromatic nitrogens is 2. The van der Waals surface area contributed by atoms with Crippen molar-refractivity contribution in [1.82, 2.24) is 9.13 Å². The molecule has 4 aromatic carbocycles. The molecule has 0 aliphatic heterocycles. The SMILES string of the molecule is C/C=C\Cc1c(CC)n(-c2ccc(-c3ccc(-n4c5c(c6ccccc64)C=CC=CC5)cc3)cc2)c2ccccc12.CC. The Morgan fingerprint density at radius 1 is 0.674 bits per heavy atom. The molecule has 2 heteroatoms. The molecule has 0 fully saturated rings. The smallest absolute Gasteiger partial charge is 0.0537 e. The highest BCUT2D eigenvalue weighted by atomic mass is 15.0. The van der Waals surface area contributed by atoms with Crippen molar-refractivity contribution in [2.24, 2.45) is 0 Å². The Labute approximate surface area is 255 Å². The van der Waals surface area contributed by atoms with Crippen molar-refractivity contribution in [2.75, 3.05) is 0 Å². The third-order valence-corrected chi connectivity index (χ3v) is 8.40. The van der Waals surface area contributed by atoms with Crippen molar-refractivity contribution in [3.63, 3.8) is 0 Å². The average molecular weight is 561 g/mol. The molecule has 0 saturated heterocycles. The number of fused-ring (bicyclic) bond motifs is 4. The van der Waals surface area contributed by atoms with Gasteiger partial charge in [-0.3, -0.25) is 0 Å². The number of rotatable bonds is 6. The molecule has 0 N–H and O–H groups in total. The fraction of sp³-hybridized carbons (Fsp3) is 0.171. The molecule has 0 atom stereocenters. The van der Waals surface area contributed by atoms with Crippen molar-refractivity contribution in [1.29, 1.82) is 0 Å². The minimum absolute atomic E-state index is 0.921. The first-order chi connectivity index (χ1) is 21.3. The van der Waals surface area contributed by atoms with Crippen molar-refractivity contribution < 1.29 is 0 Å². The molecule has 43 heavy (non-hydrogen) atoms. The van der Waals surface area contributed by atoms with Crippen LogP contribution in [0.4, 0.5) is 0 Å². The summed E-state index contributed by atoms with van der Waals surface area (Å²) < 4.78 is 4.87. The largest absolute Gasteiger partial charge is 0.313 e. The van der Waals surface area contributed by atoms with Gasteiger partial charge in [0.15, 0.2) is 0 Å². The Morgan fingerprint density at radius 3 is 1.88 bits per heavy atom. The van der Waals surface area contributed by atoms with E-state index in [1.807, 2.05) is 13.8 Å². The van der Waals surface area contributed by atoms with Crippen molar-refractivity contribution in [3.8, 4) is 22.5 Å². The predicted octanol–water partition coefficient (Wildman–Crippen LogP) is 11.1. The van der Waals surface area contributed by atoms with Gasteiger partial charge in [0.2, 0.25) is 0 Å². The van der Waals surface area contributed by atoms with E-state index in [2.05, 4.69) is 156 Å². The van der Waals surface area contributed by atoms with Gasteiger partial charge in [-0.05, 0) is 72.9 Å². The first-order valence-corrected chi connectivity index (χ1v) is 15.7. The van der Waals surface area contributed by atoms with E-state index in [0.29, 0.717) is 0 Å². The summed E-state index contributed by atoms with van der Waals surface area (Å²) in [4.78, 5) is 0. The number of benzene rings is 4. The van der Waals surface area contributed by atoms with Gasteiger partial charge < -0.3 is 9.13 Å².